The van der Waals surface area contributed by atoms with Crippen LogP contribution in [0.4, 0.5) is 11.4 Å². The number of nitrogens with two attached hydrogens (primary N) is 1. The number of benzene rings is 1. The Morgan fingerprint density at radius 1 is 1.24 bits per heavy atom. The number of likely N-dealkylation sites (N-methyl/N-ethyl adjacent to an activating group) is 1. The standard InChI is InChI=1S/C15H20ClN5/c1-19-2-4-20(5-3-19)12-9-21(10-12)15-6-11(8-17)14(18)7-13(15)16/h6-7,12H,2-5,9-10,18H2,1H3. The van der Waals surface area contributed by atoms with E-state index in [1.165, 1.54) is 0 Å². The van der Waals surface area contributed by atoms with Crippen LogP contribution in [0.5, 0.6) is 0 Å². The topological polar surface area (TPSA) is 59.5 Å². The van der Waals surface area contributed by atoms with Crippen molar-refractivity contribution in [2.24, 2.45) is 0 Å². The number of anilines is 2. The van der Waals surface area contributed by atoms with Gasteiger partial charge in [0.05, 0.1) is 22.0 Å². The Balaban J connectivity index is 1.65. The SMILES string of the molecule is CN1CCN(C2CN(c3cc(C#N)c(N)cc3Cl)C2)CC1. The van der Waals surface area contributed by atoms with Crippen LogP contribution >= 0.6 is 11.6 Å². The number of halogens is 1. The normalized spacial score (nSPS) is 21.1. The van der Waals surface area contributed by atoms with Crippen LogP contribution in [0.2, 0.25) is 5.02 Å². The van der Waals surface area contributed by atoms with Crippen molar-refractivity contribution in [1.29, 1.82) is 5.26 Å². The predicted octanol–water partition coefficient (Wildman–Crippen LogP) is 1.23. The molecule has 0 spiro atoms. The van der Waals surface area contributed by atoms with Crippen molar-refractivity contribution in [2.45, 2.75) is 6.04 Å². The molecule has 0 aromatic heterocycles. The molecule has 2 N–H and O–H groups in total. The lowest BCUT2D eigenvalue weighted by Gasteiger charge is -2.49. The summed E-state index contributed by atoms with van der Waals surface area (Å²) in [6.45, 7) is 6.48. The molecule has 5 nitrogen and oxygen atoms in total. The van der Waals surface area contributed by atoms with Gasteiger partial charge < -0.3 is 15.5 Å². The highest BCUT2D eigenvalue weighted by atomic mass is 35.5. The fourth-order valence-electron chi connectivity index (χ4n) is 2.99. The van der Waals surface area contributed by atoms with Gasteiger partial charge in [0.2, 0.25) is 0 Å². The number of rotatable bonds is 2. The van der Waals surface area contributed by atoms with Gasteiger partial charge in [0.1, 0.15) is 6.07 Å². The summed E-state index contributed by atoms with van der Waals surface area (Å²) in [6, 6.07) is 6.20. The first-order valence-corrected chi connectivity index (χ1v) is 7.63. The maximum Gasteiger partial charge on any atom is 0.101 e. The van der Waals surface area contributed by atoms with Gasteiger partial charge in [-0.25, -0.2) is 0 Å². The Morgan fingerprint density at radius 3 is 2.52 bits per heavy atom. The van der Waals surface area contributed by atoms with Gasteiger partial charge in [-0.05, 0) is 19.2 Å². The summed E-state index contributed by atoms with van der Waals surface area (Å²) in [5, 5.41) is 9.71. The zero-order valence-corrected chi connectivity index (χ0v) is 13.0. The fourth-order valence-corrected chi connectivity index (χ4v) is 3.28. The van der Waals surface area contributed by atoms with Crippen LogP contribution in [0, 0.1) is 11.3 Å². The fraction of sp³-hybridized carbons (Fsp3) is 0.533. The maximum absolute atomic E-state index is 9.08. The van der Waals surface area contributed by atoms with Crippen molar-refractivity contribution in [1.82, 2.24) is 9.80 Å². The number of nitriles is 1. The smallest absolute Gasteiger partial charge is 0.101 e. The lowest BCUT2D eigenvalue weighted by atomic mass is 10.0. The zero-order valence-electron chi connectivity index (χ0n) is 12.2. The second-order valence-electron chi connectivity index (χ2n) is 5.90. The molecule has 0 atom stereocenters. The summed E-state index contributed by atoms with van der Waals surface area (Å²) in [4.78, 5) is 7.14. The third kappa shape index (κ3) is 2.80. The molecule has 2 aliphatic heterocycles. The highest BCUT2D eigenvalue weighted by molar-refractivity contribution is 6.33. The minimum Gasteiger partial charge on any atom is -0.398 e. The van der Waals surface area contributed by atoms with Gasteiger partial charge >= 0.3 is 0 Å². The van der Waals surface area contributed by atoms with E-state index in [2.05, 4.69) is 27.8 Å². The average Bonchev–Trinajstić information content (AvgIpc) is 2.41. The van der Waals surface area contributed by atoms with Crippen molar-refractivity contribution in [2.75, 3.05) is 56.9 Å². The molecule has 2 heterocycles. The minimum absolute atomic E-state index is 0.447. The van der Waals surface area contributed by atoms with Crippen LogP contribution in [-0.4, -0.2) is 62.2 Å². The van der Waals surface area contributed by atoms with Gasteiger partial charge in [-0.3, -0.25) is 4.90 Å². The summed E-state index contributed by atoms with van der Waals surface area (Å²) in [5.41, 5.74) is 7.65. The molecule has 0 radical (unpaired) electrons. The van der Waals surface area contributed by atoms with Crippen molar-refractivity contribution in [3.8, 4) is 6.07 Å². The van der Waals surface area contributed by atoms with Gasteiger partial charge in [0, 0.05) is 45.3 Å². The average molecular weight is 306 g/mol. The highest BCUT2D eigenvalue weighted by Crippen LogP contribution is 2.34. The van der Waals surface area contributed by atoms with Gasteiger partial charge in [-0.1, -0.05) is 11.6 Å². The lowest BCUT2D eigenvalue weighted by Crippen LogP contribution is -2.63. The van der Waals surface area contributed by atoms with Gasteiger partial charge in [-0.2, -0.15) is 5.26 Å². The Morgan fingerprint density at radius 2 is 1.90 bits per heavy atom. The quantitative estimate of drug-likeness (QED) is 0.833. The number of nitrogens with zero attached hydrogens (tertiary/aromatic N) is 4. The van der Waals surface area contributed by atoms with Crippen molar-refractivity contribution in [3.63, 3.8) is 0 Å². The maximum atomic E-state index is 9.08. The number of piperazine rings is 1. The van der Waals surface area contributed by atoms with Crippen molar-refractivity contribution >= 4 is 23.0 Å². The van der Waals surface area contributed by atoms with Crippen LogP contribution in [0.25, 0.3) is 0 Å². The lowest BCUT2D eigenvalue weighted by molar-refractivity contribution is 0.0963. The predicted molar refractivity (Wildman–Crippen MR) is 85.7 cm³/mol. The summed E-state index contributed by atoms with van der Waals surface area (Å²) >= 11 is 6.27. The van der Waals surface area contributed by atoms with E-state index < -0.39 is 0 Å². The molecule has 2 saturated heterocycles. The second-order valence-corrected chi connectivity index (χ2v) is 6.31. The van der Waals surface area contributed by atoms with E-state index in [9.17, 15) is 0 Å². The molecule has 0 aliphatic carbocycles. The Bertz CT molecular complexity index is 568. The van der Waals surface area contributed by atoms with E-state index in [4.69, 9.17) is 22.6 Å². The molecule has 1 aromatic carbocycles. The van der Waals surface area contributed by atoms with E-state index >= 15 is 0 Å². The van der Waals surface area contributed by atoms with Crippen LogP contribution in [0.1, 0.15) is 5.56 Å². The monoisotopic (exact) mass is 305 g/mol. The van der Waals surface area contributed by atoms with E-state index in [0.717, 1.165) is 45.0 Å². The van der Waals surface area contributed by atoms with Crippen molar-refractivity contribution in [3.05, 3.63) is 22.7 Å². The third-order valence-electron chi connectivity index (χ3n) is 4.50. The van der Waals surface area contributed by atoms with Crippen LogP contribution in [0.15, 0.2) is 12.1 Å². The number of hydrogen-bond acceptors (Lipinski definition) is 5. The van der Waals surface area contributed by atoms with Crippen LogP contribution < -0.4 is 10.6 Å². The van der Waals surface area contributed by atoms with Crippen LogP contribution in [0.3, 0.4) is 0 Å². The molecule has 1 aromatic rings. The summed E-state index contributed by atoms with van der Waals surface area (Å²) in [5.74, 6) is 0. The molecule has 21 heavy (non-hydrogen) atoms. The third-order valence-corrected chi connectivity index (χ3v) is 4.80. The molecule has 0 saturated carbocycles. The van der Waals surface area contributed by atoms with E-state index in [1.807, 2.05) is 0 Å². The largest absolute Gasteiger partial charge is 0.398 e. The second kappa shape index (κ2) is 5.72. The molecule has 6 heteroatoms. The van der Waals surface area contributed by atoms with Crippen molar-refractivity contribution < 1.29 is 0 Å². The van der Waals surface area contributed by atoms with E-state index in [0.29, 0.717) is 22.3 Å². The Kier molecular flexibility index (Phi) is 3.94. The first kappa shape index (κ1) is 14.5. The van der Waals surface area contributed by atoms with E-state index in [1.54, 1.807) is 12.1 Å². The highest BCUT2D eigenvalue weighted by Gasteiger charge is 2.34. The van der Waals surface area contributed by atoms with Gasteiger partial charge in [0.15, 0.2) is 0 Å². The molecule has 112 valence electrons. The Hall–Kier alpha value is -1.48. The van der Waals surface area contributed by atoms with Gasteiger partial charge in [-0.15, -0.1) is 0 Å². The number of nitrogen functional groups attached to an aromatic ring is 1. The Labute approximate surface area is 130 Å². The van der Waals surface area contributed by atoms with Crippen LogP contribution in [-0.2, 0) is 0 Å². The molecule has 0 bridgehead atoms. The molecular formula is C15H20ClN5. The zero-order chi connectivity index (χ0) is 15.0. The summed E-state index contributed by atoms with van der Waals surface area (Å²) in [7, 11) is 2.17. The number of hydrogen-bond donors (Lipinski definition) is 1. The van der Waals surface area contributed by atoms with E-state index in [-0.39, 0.29) is 0 Å². The summed E-state index contributed by atoms with van der Waals surface area (Å²) in [6.07, 6.45) is 0. The molecule has 0 amide bonds. The molecule has 2 aliphatic rings. The molecule has 0 unspecified atom stereocenters. The summed E-state index contributed by atoms with van der Waals surface area (Å²) < 4.78 is 0. The minimum atomic E-state index is 0.447. The molecule has 2 fully saturated rings. The molecule has 3 rings (SSSR count). The van der Waals surface area contributed by atoms with Gasteiger partial charge in [0.25, 0.3) is 0 Å². The molecular weight excluding hydrogens is 286 g/mol. The first-order chi connectivity index (χ1) is 10.1. The first-order valence-electron chi connectivity index (χ1n) is 7.25.